The van der Waals surface area contributed by atoms with E-state index >= 15 is 0 Å². The number of benzene rings is 2. The van der Waals surface area contributed by atoms with E-state index in [0.29, 0.717) is 5.69 Å². The van der Waals surface area contributed by atoms with Gasteiger partial charge in [0, 0.05) is 30.0 Å². The van der Waals surface area contributed by atoms with E-state index in [9.17, 15) is 13.2 Å². The van der Waals surface area contributed by atoms with Crippen LogP contribution in [-0.4, -0.2) is 34.0 Å². The zero-order chi connectivity index (χ0) is 19.9. The molecule has 0 aliphatic rings. The Bertz CT molecular complexity index is 928. The highest BCUT2D eigenvalue weighted by Crippen LogP contribution is 2.19. The van der Waals surface area contributed by atoms with Crippen LogP contribution in [0, 0.1) is 12.3 Å². The molecule has 2 aromatic carbocycles. The summed E-state index contributed by atoms with van der Waals surface area (Å²) in [5, 5.41) is 2.78. The Morgan fingerprint density at radius 2 is 1.78 bits per heavy atom. The van der Waals surface area contributed by atoms with Crippen LogP contribution in [0.5, 0.6) is 0 Å². The molecule has 0 spiro atoms. The molecule has 0 radical (unpaired) electrons. The molecule has 0 aliphatic carbocycles. The number of rotatable bonds is 8. The van der Waals surface area contributed by atoms with Crippen LogP contribution in [0.3, 0.4) is 0 Å². The van der Waals surface area contributed by atoms with Gasteiger partial charge in [0.2, 0.25) is 10.0 Å². The van der Waals surface area contributed by atoms with Crippen LogP contribution < -0.4 is 14.9 Å². The van der Waals surface area contributed by atoms with Crippen LogP contribution in [0.15, 0.2) is 53.4 Å². The van der Waals surface area contributed by atoms with E-state index in [1.54, 1.807) is 6.07 Å². The molecule has 2 aromatic rings. The molecule has 0 saturated heterocycles. The van der Waals surface area contributed by atoms with E-state index in [2.05, 4.69) is 34.7 Å². The van der Waals surface area contributed by atoms with Gasteiger partial charge in [-0.15, -0.1) is 6.42 Å². The zero-order valence-electron chi connectivity index (χ0n) is 15.4. The van der Waals surface area contributed by atoms with Crippen molar-refractivity contribution < 1.29 is 13.2 Å². The summed E-state index contributed by atoms with van der Waals surface area (Å²) in [5.41, 5.74) is 1.95. The molecule has 27 heavy (non-hydrogen) atoms. The van der Waals surface area contributed by atoms with Gasteiger partial charge in [-0.25, -0.2) is 8.42 Å². The van der Waals surface area contributed by atoms with Crippen molar-refractivity contribution in [3.8, 4) is 12.3 Å². The van der Waals surface area contributed by atoms with Crippen molar-refractivity contribution in [2.24, 2.45) is 0 Å². The molecule has 0 unspecified atom stereocenters. The van der Waals surface area contributed by atoms with E-state index < -0.39 is 10.0 Å². The highest BCUT2D eigenvalue weighted by atomic mass is 32.2. The van der Waals surface area contributed by atoms with Crippen molar-refractivity contribution in [2.45, 2.75) is 18.7 Å². The third-order valence-electron chi connectivity index (χ3n) is 4.02. The predicted molar refractivity (Wildman–Crippen MR) is 108 cm³/mol. The van der Waals surface area contributed by atoms with Gasteiger partial charge in [-0.05, 0) is 56.3 Å². The number of anilines is 2. The molecule has 6 nitrogen and oxygen atoms in total. The fraction of sp³-hybridized carbons (Fsp3) is 0.250. The lowest BCUT2D eigenvalue weighted by Gasteiger charge is -2.21. The highest BCUT2D eigenvalue weighted by molar-refractivity contribution is 7.89. The highest BCUT2D eigenvalue weighted by Gasteiger charge is 2.15. The minimum absolute atomic E-state index is 0.0118. The number of hydrogen-bond acceptors (Lipinski definition) is 4. The topological polar surface area (TPSA) is 78.5 Å². The van der Waals surface area contributed by atoms with Gasteiger partial charge in [-0.3, -0.25) is 4.79 Å². The molecule has 7 heteroatoms. The standard InChI is InChI=1S/C20H23N3O3S/c1-4-14-21-27(25,26)19-9-7-8-16(15-19)20(24)22-17-10-12-18(13-11-17)23(5-2)6-3/h1,7-13,15,21H,5-6,14H2,2-3H3,(H,22,24). The van der Waals surface area contributed by atoms with Gasteiger partial charge in [-0.2, -0.15) is 4.72 Å². The van der Waals surface area contributed by atoms with Crippen LogP contribution in [0.1, 0.15) is 24.2 Å². The molecular formula is C20H23N3O3S. The summed E-state index contributed by atoms with van der Waals surface area (Å²) in [6.45, 7) is 5.85. The first-order valence-corrected chi connectivity index (χ1v) is 10.1. The summed E-state index contributed by atoms with van der Waals surface area (Å²) in [6.07, 6.45) is 5.08. The van der Waals surface area contributed by atoms with Gasteiger partial charge in [0.1, 0.15) is 0 Å². The summed E-state index contributed by atoms with van der Waals surface area (Å²) in [7, 11) is -3.75. The molecule has 0 heterocycles. The number of hydrogen-bond donors (Lipinski definition) is 2. The van der Waals surface area contributed by atoms with Gasteiger partial charge < -0.3 is 10.2 Å². The second kappa shape index (κ2) is 9.21. The van der Waals surface area contributed by atoms with Gasteiger partial charge >= 0.3 is 0 Å². The summed E-state index contributed by atoms with van der Waals surface area (Å²) >= 11 is 0. The van der Waals surface area contributed by atoms with Crippen molar-refractivity contribution in [3.63, 3.8) is 0 Å². The molecule has 2 N–H and O–H groups in total. The number of sulfonamides is 1. The molecule has 142 valence electrons. The molecule has 0 aromatic heterocycles. The fourth-order valence-corrected chi connectivity index (χ4v) is 3.55. The second-order valence-corrected chi connectivity index (χ2v) is 7.50. The van der Waals surface area contributed by atoms with Crippen molar-refractivity contribution in [2.75, 3.05) is 29.9 Å². The summed E-state index contributed by atoms with van der Waals surface area (Å²) in [5.74, 6) is 1.82. The Morgan fingerprint density at radius 1 is 1.11 bits per heavy atom. The Labute approximate surface area is 160 Å². The Kier molecular flexibility index (Phi) is 6.99. The number of nitrogens with zero attached hydrogens (tertiary/aromatic N) is 1. The lowest BCUT2D eigenvalue weighted by Crippen LogP contribution is -2.24. The Morgan fingerprint density at radius 3 is 2.37 bits per heavy atom. The molecular weight excluding hydrogens is 362 g/mol. The zero-order valence-corrected chi connectivity index (χ0v) is 16.2. The van der Waals surface area contributed by atoms with Crippen LogP contribution in [0.25, 0.3) is 0 Å². The Balaban J connectivity index is 2.15. The van der Waals surface area contributed by atoms with E-state index in [0.717, 1.165) is 18.8 Å². The van der Waals surface area contributed by atoms with E-state index in [1.165, 1.54) is 18.2 Å². The van der Waals surface area contributed by atoms with Crippen LogP contribution >= 0.6 is 0 Å². The smallest absolute Gasteiger partial charge is 0.255 e. The number of carbonyl (C=O) groups is 1. The van der Waals surface area contributed by atoms with E-state index in [-0.39, 0.29) is 22.9 Å². The minimum Gasteiger partial charge on any atom is -0.372 e. The number of amides is 1. The van der Waals surface area contributed by atoms with E-state index in [1.807, 2.05) is 24.3 Å². The average Bonchev–Trinajstić information content (AvgIpc) is 2.68. The third-order valence-corrected chi connectivity index (χ3v) is 5.42. The van der Waals surface area contributed by atoms with Crippen molar-refractivity contribution >= 4 is 27.3 Å². The number of nitrogens with one attached hydrogen (secondary N) is 2. The van der Waals surface area contributed by atoms with Gasteiger partial charge in [0.25, 0.3) is 5.91 Å². The fourth-order valence-electron chi connectivity index (χ4n) is 2.57. The monoisotopic (exact) mass is 385 g/mol. The van der Waals surface area contributed by atoms with Crippen LogP contribution in [-0.2, 0) is 10.0 Å². The third kappa shape index (κ3) is 5.33. The summed E-state index contributed by atoms with van der Waals surface area (Å²) in [6, 6.07) is 13.3. The van der Waals surface area contributed by atoms with Crippen molar-refractivity contribution in [1.29, 1.82) is 0 Å². The normalized spacial score (nSPS) is 10.9. The SMILES string of the molecule is C#CCNS(=O)(=O)c1cccc(C(=O)Nc2ccc(N(CC)CC)cc2)c1. The van der Waals surface area contributed by atoms with Gasteiger partial charge in [0.15, 0.2) is 0 Å². The van der Waals surface area contributed by atoms with Gasteiger partial charge in [0.05, 0.1) is 11.4 Å². The van der Waals surface area contributed by atoms with Crippen LogP contribution in [0.4, 0.5) is 11.4 Å². The number of terminal acetylenes is 1. The molecule has 1 amide bonds. The summed E-state index contributed by atoms with van der Waals surface area (Å²) in [4.78, 5) is 14.7. The molecule has 2 rings (SSSR count). The van der Waals surface area contributed by atoms with Crippen molar-refractivity contribution in [1.82, 2.24) is 4.72 Å². The first kappa shape index (κ1) is 20.5. The molecule has 0 saturated carbocycles. The lowest BCUT2D eigenvalue weighted by atomic mass is 10.2. The van der Waals surface area contributed by atoms with Gasteiger partial charge in [-0.1, -0.05) is 12.0 Å². The molecule has 0 atom stereocenters. The maximum atomic E-state index is 12.5. The first-order chi connectivity index (χ1) is 12.9. The maximum Gasteiger partial charge on any atom is 0.255 e. The quantitative estimate of drug-likeness (QED) is 0.685. The molecule has 0 aliphatic heterocycles. The Hall–Kier alpha value is -2.82. The van der Waals surface area contributed by atoms with Crippen molar-refractivity contribution in [3.05, 3.63) is 54.1 Å². The number of carbonyl (C=O) groups excluding carboxylic acids is 1. The largest absolute Gasteiger partial charge is 0.372 e. The minimum atomic E-state index is -3.75. The maximum absolute atomic E-state index is 12.5. The average molecular weight is 385 g/mol. The van der Waals surface area contributed by atoms with Crippen LogP contribution in [0.2, 0.25) is 0 Å². The first-order valence-electron chi connectivity index (χ1n) is 8.60. The lowest BCUT2D eigenvalue weighted by molar-refractivity contribution is 0.102. The van der Waals surface area contributed by atoms with E-state index in [4.69, 9.17) is 6.42 Å². The predicted octanol–water partition coefficient (Wildman–Crippen LogP) is 2.70. The second-order valence-electron chi connectivity index (χ2n) is 5.73. The molecule has 0 fully saturated rings. The molecule has 0 bridgehead atoms. The summed E-state index contributed by atoms with van der Waals surface area (Å²) < 4.78 is 26.5.